The van der Waals surface area contributed by atoms with Crippen LogP contribution in [0, 0.1) is 12.7 Å². The standard InChI is InChI=1S/C19H23FN2O4S/c1-13-5-6-16(22-19-15(20)3-2-4-17(19)23)14(11-13)12-18(24)25-7-9-27-10-8-26-21/h2-6,11,22-23H,7-10,12,21H2,1H3. The highest BCUT2D eigenvalue weighted by Gasteiger charge is 2.13. The Hall–Kier alpha value is -2.29. The number of carbonyl (C=O) groups excluding carboxylic acids is 1. The lowest BCUT2D eigenvalue weighted by Gasteiger charge is -2.14. The maximum Gasteiger partial charge on any atom is 0.310 e. The van der Waals surface area contributed by atoms with E-state index in [0.717, 1.165) is 11.3 Å². The minimum Gasteiger partial charge on any atom is -0.506 e. The highest BCUT2D eigenvalue weighted by atomic mass is 32.2. The van der Waals surface area contributed by atoms with Crippen LogP contribution in [-0.4, -0.2) is 35.8 Å². The summed E-state index contributed by atoms with van der Waals surface area (Å²) in [6.07, 6.45) is 0.0375. The summed E-state index contributed by atoms with van der Waals surface area (Å²) in [5.41, 5.74) is 2.12. The predicted molar refractivity (Wildman–Crippen MR) is 105 cm³/mol. The molecular weight excluding hydrogens is 371 g/mol. The maximum absolute atomic E-state index is 14.0. The van der Waals surface area contributed by atoms with Crippen molar-refractivity contribution in [2.75, 3.05) is 30.0 Å². The molecule has 0 amide bonds. The van der Waals surface area contributed by atoms with Gasteiger partial charge in [-0.15, -0.1) is 0 Å². The molecule has 146 valence electrons. The predicted octanol–water partition coefficient (Wildman–Crippen LogP) is 3.29. The van der Waals surface area contributed by atoms with Gasteiger partial charge in [-0.1, -0.05) is 23.8 Å². The quantitative estimate of drug-likeness (QED) is 0.246. The first-order valence-electron chi connectivity index (χ1n) is 8.40. The molecule has 0 fully saturated rings. The Morgan fingerprint density at radius 2 is 2.04 bits per heavy atom. The van der Waals surface area contributed by atoms with Crippen LogP contribution in [0.25, 0.3) is 0 Å². The Morgan fingerprint density at radius 1 is 1.26 bits per heavy atom. The third-order valence-corrected chi connectivity index (χ3v) is 4.59. The van der Waals surface area contributed by atoms with E-state index in [0.29, 0.717) is 23.6 Å². The lowest BCUT2D eigenvalue weighted by molar-refractivity contribution is -0.142. The van der Waals surface area contributed by atoms with Crippen LogP contribution in [0.5, 0.6) is 5.75 Å². The molecule has 27 heavy (non-hydrogen) atoms. The van der Waals surface area contributed by atoms with E-state index in [1.807, 2.05) is 19.1 Å². The molecule has 4 N–H and O–H groups in total. The number of ether oxygens (including phenoxy) is 1. The number of carbonyl (C=O) groups is 1. The Bertz CT molecular complexity index is 753. The van der Waals surface area contributed by atoms with Crippen molar-refractivity contribution in [1.29, 1.82) is 0 Å². The van der Waals surface area contributed by atoms with E-state index in [4.69, 9.17) is 10.6 Å². The van der Waals surface area contributed by atoms with Gasteiger partial charge in [0.2, 0.25) is 0 Å². The van der Waals surface area contributed by atoms with E-state index in [-0.39, 0.29) is 30.4 Å². The second kappa shape index (κ2) is 10.8. The van der Waals surface area contributed by atoms with Gasteiger partial charge in [-0.05, 0) is 30.7 Å². The SMILES string of the molecule is Cc1ccc(Nc2c(O)cccc2F)c(CC(=O)OCCSCCON)c1. The average molecular weight is 394 g/mol. The number of halogens is 1. The normalized spacial score (nSPS) is 10.6. The molecule has 2 aromatic carbocycles. The highest BCUT2D eigenvalue weighted by Crippen LogP contribution is 2.31. The van der Waals surface area contributed by atoms with Gasteiger partial charge in [-0.3, -0.25) is 4.79 Å². The van der Waals surface area contributed by atoms with Crippen LogP contribution >= 0.6 is 11.8 Å². The second-order valence-electron chi connectivity index (χ2n) is 5.80. The Labute approximate surface area is 161 Å². The van der Waals surface area contributed by atoms with Crippen molar-refractivity contribution < 1.29 is 23.9 Å². The number of para-hydroxylation sites is 1. The number of nitrogens with two attached hydrogens (primary N) is 1. The molecule has 6 nitrogen and oxygen atoms in total. The molecular formula is C19H23FN2O4S. The third kappa shape index (κ3) is 6.74. The van der Waals surface area contributed by atoms with E-state index in [9.17, 15) is 14.3 Å². The molecule has 0 unspecified atom stereocenters. The van der Waals surface area contributed by atoms with Gasteiger partial charge in [-0.2, -0.15) is 11.8 Å². The minimum absolute atomic E-state index is 0.0329. The van der Waals surface area contributed by atoms with Gasteiger partial charge in [0.1, 0.15) is 23.9 Å². The Balaban J connectivity index is 2.00. The molecule has 0 saturated carbocycles. The van der Waals surface area contributed by atoms with Gasteiger partial charge in [0.05, 0.1) is 13.0 Å². The van der Waals surface area contributed by atoms with E-state index < -0.39 is 5.82 Å². The first kappa shape index (κ1) is 21.0. The van der Waals surface area contributed by atoms with Crippen LogP contribution in [0.15, 0.2) is 36.4 Å². The number of aryl methyl sites for hydroxylation is 1. The zero-order valence-electron chi connectivity index (χ0n) is 15.0. The summed E-state index contributed by atoms with van der Waals surface area (Å²) in [5, 5.41) is 12.7. The van der Waals surface area contributed by atoms with Crippen molar-refractivity contribution in [3.05, 3.63) is 53.3 Å². The van der Waals surface area contributed by atoms with Gasteiger partial charge < -0.3 is 20.0 Å². The fraction of sp³-hybridized carbons (Fsp3) is 0.316. The molecule has 0 radical (unpaired) electrons. The summed E-state index contributed by atoms with van der Waals surface area (Å²) in [5.74, 6) is 5.15. The first-order chi connectivity index (χ1) is 13.0. The number of anilines is 2. The van der Waals surface area contributed by atoms with Crippen LogP contribution < -0.4 is 11.2 Å². The molecule has 0 aliphatic carbocycles. The van der Waals surface area contributed by atoms with E-state index in [1.165, 1.54) is 18.2 Å². The molecule has 8 heteroatoms. The van der Waals surface area contributed by atoms with Crippen LogP contribution in [-0.2, 0) is 20.8 Å². The van der Waals surface area contributed by atoms with Gasteiger partial charge in [-0.25, -0.2) is 10.3 Å². The Kier molecular flexibility index (Phi) is 8.38. The van der Waals surface area contributed by atoms with Gasteiger partial charge in [0.25, 0.3) is 0 Å². The number of esters is 1. The van der Waals surface area contributed by atoms with Crippen molar-refractivity contribution in [3.8, 4) is 5.75 Å². The Morgan fingerprint density at radius 3 is 2.78 bits per heavy atom. The van der Waals surface area contributed by atoms with Crippen LogP contribution in [0.4, 0.5) is 15.8 Å². The fourth-order valence-electron chi connectivity index (χ4n) is 2.39. The van der Waals surface area contributed by atoms with Gasteiger partial charge in [0, 0.05) is 17.2 Å². The molecule has 0 atom stereocenters. The number of rotatable bonds is 10. The topological polar surface area (TPSA) is 93.8 Å². The van der Waals surface area contributed by atoms with Crippen molar-refractivity contribution in [2.24, 2.45) is 5.90 Å². The van der Waals surface area contributed by atoms with E-state index in [2.05, 4.69) is 10.2 Å². The summed E-state index contributed by atoms with van der Waals surface area (Å²) in [7, 11) is 0. The lowest BCUT2D eigenvalue weighted by atomic mass is 10.1. The number of aromatic hydroxyl groups is 1. The van der Waals surface area contributed by atoms with Gasteiger partial charge >= 0.3 is 5.97 Å². The number of nitrogens with one attached hydrogen (secondary N) is 1. The van der Waals surface area contributed by atoms with E-state index in [1.54, 1.807) is 17.8 Å². The molecule has 0 saturated heterocycles. The molecule has 0 bridgehead atoms. The largest absolute Gasteiger partial charge is 0.506 e. The van der Waals surface area contributed by atoms with Crippen LogP contribution in [0.3, 0.4) is 0 Å². The molecule has 0 aliphatic heterocycles. The minimum atomic E-state index is -0.581. The van der Waals surface area contributed by atoms with Crippen molar-refractivity contribution >= 4 is 29.1 Å². The number of hydrogen-bond acceptors (Lipinski definition) is 7. The molecule has 2 aromatic rings. The molecule has 0 spiro atoms. The highest BCUT2D eigenvalue weighted by molar-refractivity contribution is 7.99. The summed E-state index contributed by atoms with van der Waals surface area (Å²) < 4.78 is 19.2. The number of phenolic OH excluding ortho intramolecular Hbond substituents is 1. The van der Waals surface area contributed by atoms with Crippen LogP contribution in [0.1, 0.15) is 11.1 Å². The summed E-state index contributed by atoms with van der Waals surface area (Å²) in [6, 6.07) is 9.46. The monoisotopic (exact) mass is 394 g/mol. The lowest BCUT2D eigenvalue weighted by Crippen LogP contribution is -2.12. The second-order valence-corrected chi connectivity index (χ2v) is 7.02. The summed E-state index contributed by atoms with van der Waals surface area (Å²) >= 11 is 1.57. The first-order valence-corrected chi connectivity index (χ1v) is 9.56. The molecule has 0 aliphatic rings. The molecule has 0 heterocycles. The summed E-state index contributed by atoms with van der Waals surface area (Å²) in [6.45, 7) is 2.63. The van der Waals surface area contributed by atoms with E-state index >= 15 is 0 Å². The number of thioether (sulfide) groups is 1. The number of phenols is 1. The van der Waals surface area contributed by atoms with Crippen LogP contribution in [0.2, 0.25) is 0 Å². The zero-order chi connectivity index (χ0) is 19.6. The molecule has 0 aromatic heterocycles. The number of benzene rings is 2. The third-order valence-electron chi connectivity index (χ3n) is 3.68. The average Bonchev–Trinajstić information content (AvgIpc) is 2.63. The van der Waals surface area contributed by atoms with Gasteiger partial charge in [0.15, 0.2) is 0 Å². The zero-order valence-corrected chi connectivity index (χ0v) is 15.9. The summed E-state index contributed by atoms with van der Waals surface area (Å²) in [4.78, 5) is 16.6. The molecule has 2 rings (SSSR count). The van der Waals surface area contributed by atoms with Crippen molar-refractivity contribution in [3.63, 3.8) is 0 Å². The van der Waals surface area contributed by atoms with Crippen molar-refractivity contribution in [1.82, 2.24) is 0 Å². The fourth-order valence-corrected chi connectivity index (χ4v) is 3.01. The maximum atomic E-state index is 14.0. The van der Waals surface area contributed by atoms with Crippen molar-refractivity contribution in [2.45, 2.75) is 13.3 Å². The number of hydrogen-bond donors (Lipinski definition) is 3. The smallest absolute Gasteiger partial charge is 0.310 e.